The van der Waals surface area contributed by atoms with Crippen LogP contribution in [0.5, 0.6) is 0 Å². The number of fused-ring (bicyclic) bond motifs is 1. The van der Waals surface area contributed by atoms with E-state index in [-0.39, 0.29) is 5.91 Å². The predicted octanol–water partition coefficient (Wildman–Crippen LogP) is 2.51. The molecule has 0 aliphatic heterocycles. The summed E-state index contributed by atoms with van der Waals surface area (Å²) in [7, 11) is 0. The first-order valence-electron chi connectivity index (χ1n) is 7.67. The Morgan fingerprint density at radius 1 is 1.26 bits per heavy atom. The van der Waals surface area contributed by atoms with Crippen molar-refractivity contribution in [1.82, 2.24) is 24.4 Å². The van der Waals surface area contributed by atoms with Gasteiger partial charge in [0.05, 0.1) is 34.5 Å². The molecule has 0 aromatic carbocycles. The van der Waals surface area contributed by atoms with E-state index in [1.165, 1.54) is 0 Å². The summed E-state index contributed by atoms with van der Waals surface area (Å²) in [6.07, 6.45) is 4.25. The van der Waals surface area contributed by atoms with Gasteiger partial charge in [0.2, 0.25) is 0 Å². The third-order valence-corrected chi connectivity index (χ3v) is 3.96. The molecule has 3 heterocycles. The third kappa shape index (κ3) is 2.58. The lowest BCUT2D eigenvalue weighted by molar-refractivity contribution is 0.102. The number of hydrogen-bond acceptors (Lipinski definition) is 4. The minimum atomic E-state index is -0.199. The summed E-state index contributed by atoms with van der Waals surface area (Å²) < 4.78 is 3.59. The van der Waals surface area contributed by atoms with Gasteiger partial charge in [0.1, 0.15) is 0 Å². The number of rotatable bonds is 4. The highest BCUT2D eigenvalue weighted by molar-refractivity contribution is 6.05. The SMILES string of the molecule is CCCn1nc(C)c(NC(=O)c2cnc3ccnn3c2C)c1C. The number of nitrogens with zero attached hydrogens (tertiary/aromatic N) is 5. The molecule has 7 nitrogen and oxygen atoms in total. The molecule has 0 bridgehead atoms. The fraction of sp³-hybridized carbons (Fsp3) is 0.375. The summed E-state index contributed by atoms with van der Waals surface area (Å²) in [6, 6.07) is 1.80. The smallest absolute Gasteiger partial charge is 0.259 e. The van der Waals surface area contributed by atoms with Crippen molar-refractivity contribution in [3.05, 3.63) is 41.1 Å². The second-order valence-electron chi connectivity index (χ2n) is 5.58. The molecular weight excluding hydrogens is 292 g/mol. The molecule has 3 rings (SSSR count). The fourth-order valence-electron chi connectivity index (χ4n) is 2.70. The quantitative estimate of drug-likeness (QED) is 0.803. The Morgan fingerprint density at radius 3 is 2.78 bits per heavy atom. The topological polar surface area (TPSA) is 77.1 Å². The van der Waals surface area contributed by atoms with E-state index in [2.05, 4.69) is 27.4 Å². The van der Waals surface area contributed by atoms with E-state index in [0.29, 0.717) is 5.56 Å². The van der Waals surface area contributed by atoms with Gasteiger partial charge >= 0.3 is 0 Å². The molecule has 0 spiro atoms. The van der Waals surface area contributed by atoms with Gasteiger partial charge in [-0.1, -0.05) is 6.92 Å². The molecule has 3 aromatic rings. The molecule has 23 heavy (non-hydrogen) atoms. The predicted molar refractivity (Wildman–Crippen MR) is 87.7 cm³/mol. The van der Waals surface area contributed by atoms with E-state index in [4.69, 9.17) is 0 Å². The van der Waals surface area contributed by atoms with Crippen molar-refractivity contribution in [3.63, 3.8) is 0 Å². The van der Waals surface area contributed by atoms with Crippen LogP contribution >= 0.6 is 0 Å². The monoisotopic (exact) mass is 312 g/mol. The zero-order valence-corrected chi connectivity index (χ0v) is 13.8. The second-order valence-corrected chi connectivity index (χ2v) is 5.58. The molecule has 0 unspecified atom stereocenters. The van der Waals surface area contributed by atoms with E-state index >= 15 is 0 Å². The van der Waals surface area contributed by atoms with Crippen molar-refractivity contribution < 1.29 is 4.79 Å². The van der Waals surface area contributed by atoms with Gasteiger partial charge in [-0.2, -0.15) is 10.2 Å². The van der Waals surface area contributed by atoms with E-state index in [1.807, 2.05) is 25.5 Å². The summed E-state index contributed by atoms with van der Waals surface area (Å²) in [6.45, 7) is 8.66. The molecule has 0 aliphatic carbocycles. The van der Waals surface area contributed by atoms with Crippen LogP contribution < -0.4 is 5.32 Å². The molecule has 0 saturated heterocycles. The number of amides is 1. The maximum absolute atomic E-state index is 12.6. The molecule has 0 atom stereocenters. The van der Waals surface area contributed by atoms with Crippen LogP contribution in [0.4, 0.5) is 5.69 Å². The molecule has 0 aliphatic rings. The number of carbonyl (C=O) groups excluding carboxylic acids is 1. The van der Waals surface area contributed by atoms with Gasteiger partial charge in [0.15, 0.2) is 5.65 Å². The van der Waals surface area contributed by atoms with E-state index in [0.717, 1.165) is 41.4 Å². The number of aromatic nitrogens is 5. The van der Waals surface area contributed by atoms with Crippen LogP contribution in [0.25, 0.3) is 5.65 Å². The van der Waals surface area contributed by atoms with Crippen molar-refractivity contribution in [2.75, 3.05) is 5.32 Å². The minimum absolute atomic E-state index is 0.199. The zero-order chi connectivity index (χ0) is 16.6. The van der Waals surface area contributed by atoms with Crippen molar-refractivity contribution in [2.24, 2.45) is 0 Å². The van der Waals surface area contributed by atoms with Crippen molar-refractivity contribution in [1.29, 1.82) is 0 Å². The Balaban J connectivity index is 1.93. The van der Waals surface area contributed by atoms with Crippen molar-refractivity contribution >= 4 is 17.2 Å². The van der Waals surface area contributed by atoms with Crippen LogP contribution in [0, 0.1) is 20.8 Å². The van der Waals surface area contributed by atoms with Gasteiger partial charge in [-0.05, 0) is 27.2 Å². The van der Waals surface area contributed by atoms with Gasteiger partial charge in [-0.3, -0.25) is 9.48 Å². The molecule has 0 saturated carbocycles. The standard InChI is InChI=1S/C16H20N6O/c1-5-8-21-12(4)15(10(2)20-21)19-16(23)13-9-17-14-6-7-18-22(14)11(13)3/h6-7,9H,5,8H2,1-4H3,(H,19,23). The summed E-state index contributed by atoms with van der Waals surface area (Å²) >= 11 is 0. The van der Waals surface area contributed by atoms with Crippen LogP contribution in [0.1, 0.15) is 40.8 Å². The molecule has 3 aromatic heterocycles. The minimum Gasteiger partial charge on any atom is -0.319 e. The highest BCUT2D eigenvalue weighted by atomic mass is 16.1. The summed E-state index contributed by atoms with van der Waals surface area (Å²) in [5.41, 5.74) is 4.53. The Hall–Kier alpha value is -2.70. The highest BCUT2D eigenvalue weighted by Crippen LogP contribution is 2.21. The average Bonchev–Trinajstić information content (AvgIpc) is 3.09. The largest absolute Gasteiger partial charge is 0.319 e. The van der Waals surface area contributed by atoms with E-state index in [9.17, 15) is 4.79 Å². The van der Waals surface area contributed by atoms with Gasteiger partial charge in [0.25, 0.3) is 5.91 Å². The third-order valence-electron chi connectivity index (χ3n) is 3.96. The van der Waals surface area contributed by atoms with Gasteiger partial charge in [-0.25, -0.2) is 9.50 Å². The average molecular weight is 312 g/mol. The van der Waals surface area contributed by atoms with Crippen LogP contribution in [-0.2, 0) is 6.54 Å². The maximum atomic E-state index is 12.6. The lowest BCUT2D eigenvalue weighted by Crippen LogP contribution is -2.17. The first kappa shape index (κ1) is 15.2. The molecular formula is C16H20N6O. The number of anilines is 1. The normalized spacial score (nSPS) is 11.1. The van der Waals surface area contributed by atoms with E-state index < -0.39 is 0 Å². The number of carbonyl (C=O) groups is 1. The van der Waals surface area contributed by atoms with Gasteiger partial charge in [0, 0.05) is 18.8 Å². The molecule has 0 fully saturated rings. The first-order chi connectivity index (χ1) is 11.0. The van der Waals surface area contributed by atoms with Crippen molar-refractivity contribution in [2.45, 2.75) is 40.7 Å². The Bertz CT molecular complexity index is 876. The Kier molecular flexibility index (Phi) is 3.85. The lowest BCUT2D eigenvalue weighted by atomic mass is 10.2. The van der Waals surface area contributed by atoms with Gasteiger partial charge in [-0.15, -0.1) is 0 Å². The van der Waals surface area contributed by atoms with Crippen LogP contribution in [0.2, 0.25) is 0 Å². The molecule has 1 N–H and O–H groups in total. The zero-order valence-electron chi connectivity index (χ0n) is 13.8. The summed E-state index contributed by atoms with van der Waals surface area (Å²) in [5.74, 6) is -0.199. The second kappa shape index (κ2) is 5.83. The van der Waals surface area contributed by atoms with Crippen LogP contribution in [-0.4, -0.2) is 30.3 Å². The molecule has 120 valence electrons. The van der Waals surface area contributed by atoms with Crippen molar-refractivity contribution in [3.8, 4) is 0 Å². The van der Waals surface area contributed by atoms with Crippen LogP contribution in [0.15, 0.2) is 18.5 Å². The highest BCUT2D eigenvalue weighted by Gasteiger charge is 2.18. The molecule has 1 amide bonds. The molecule has 7 heteroatoms. The Labute approximate surface area is 134 Å². The number of hydrogen-bond donors (Lipinski definition) is 1. The maximum Gasteiger partial charge on any atom is 0.259 e. The van der Waals surface area contributed by atoms with Crippen LogP contribution in [0.3, 0.4) is 0 Å². The number of nitrogens with one attached hydrogen (secondary N) is 1. The Morgan fingerprint density at radius 2 is 2.04 bits per heavy atom. The summed E-state index contributed by atoms with van der Waals surface area (Å²) in [5, 5.41) is 11.6. The lowest BCUT2D eigenvalue weighted by Gasteiger charge is -2.09. The molecule has 0 radical (unpaired) electrons. The van der Waals surface area contributed by atoms with E-state index in [1.54, 1.807) is 23.0 Å². The number of aryl methyl sites for hydroxylation is 3. The first-order valence-corrected chi connectivity index (χ1v) is 7.67. The van der Waals surface area contributed by atoms with Gasteiger partial charge < -0.3 is 5.32 Å². The summed E-state index contributed by atoms with van der Waals surface area (Å²) in [4.78, 5) is 16.9. The fourth-order valence-corrected chi connectivity index (χ4v) is 2.70.